The lowest BCUT2D eigenvalue weighted by Crippen LogP contribution is -2.37. The van der Waals surface area contributed by atoms with Gasteiger partial charge in [0.05, 0.1) is 0 Å². The van der Waals surface area contributed by atoms with E-state index in [2.05, 4.69) is 24.0 Å². The molecule has 2 saturated carbocycles. The smallest absolute Gasteiger partial charge is 0.0201 e. The van der Waals surface area contributed by atoms with Gasteiger partial charge < -0.3 is 5.32 Å². The van der Waals surface area contributed by atoms with E-state index >= 15 is 0 Å². The molecule has 2 heteroatoms. The van der Waals surface area contributed by atoms with Crippen LogP contribution in [0.3, 0.4) is 0 Å². The van der Waals surface area contributed by atoms with E-state index in [4.69, 9.17) is 0 Å². The van der Waals surface area contributed by atoms with Gasteiger partial charge >= 0.3 is 0 Å². The van der Waals surface area contributed by atoms with Crippen LogP contribution in [0.15, 0.2) is 0 Å². The van der Waals surface area contributed by atoms with E-state index in [1.54, 1.807) is 0 Å². The maximum Gasteiger partial charge on any atom is 0.0201 e. The molecule has 0 aliphatic heterocycles. The Morgan fingerprint density at radius 1 is 1.07 bits per heavy atom. The zero-order valence-corrected chi connectivity index (χ0v) is 10.8. The van der Waals surface area contributed by atoms with E-state index in [0.29, 0.717) is 0 Å². The molecule has 0 radical (unpaired) electrons. The molecule has 0 saturated heterocycles. The van der Waals surface area contributed by atoms with Gasteiger partial charge in [-0.15, -0.1) is 0 Å². The largest absolute Gasteiger partial charge is 0.313 e. The molecule has 0 aromatic carbocycles. The summed E-state index contributed by atoms with van der Waals surface area (Å²) in [6.07, 6.45) is 10.2. The highest BCUT2D eigenvalue weighted by Gasteiger charge is 2.27. The Morgan fingerprint density at radius 3 is 2.60 bits per heavy atom. The van der Waals surface area contributed by atoms with Crippen LogP contribution in [0, 0.1) is 5.92 Å². The highest BCUT2D eigenvalue weighted by molar-refractivity contribution is 7.99. The highest BCUT2D eigenvalue weighted by atomic mass is 32.2. The van der Waals surface area contributed by atoms with Crippen LogP contribution in [0.1, 0.15) is 51.9 Å². The van der Waals surface area contributed by atoms with Crippen molar-refractivity contribution in [3.05, 3.63) is 0 Å². The third kappa shape index (κ3) is 3.39. The van der Waals surface area contributed by atoms with Crippen molar-refractivity contribution in [3.63, 3.8) is 0 Å². The lowest BCUT2D eigenvalue weighted by Gasteiger charge is -2.22. The predicted octanol–water partition coefficient (Wildman–Crippen LogP) is 3.44. The zero-order chi connectivity index (χ0) is 10.5. The van der Waals surface area contributed by atoms with Gasteiger partial charge in [0.1, 0.15) is 0 Å². The first-order chi connectivity index (χ1) is 7.40. The van der Waals surface area contributed by atoms with E-state index in [0.717, 1.165) is 17.2 Å². The van der Waals surface area contributed by atoms with Crippen LogP contribution >= 0.6 is 11.8 Å². The molecule has 2 aliphatic rings. The van der Waals surface area contributed by atoms with E-state index < -0.39 is 0 Å². The lowest BCUT2D eigenvalue weighted by atomic mass is 10.1. The topological polar surface area (TPSA) is 12.0 Å². The normalized spacial score (nSPS) is 32.6. The third-order valence-corrected chi connectivity index (χ3v) is 5.30. The summed E-state index contributed by atoms with van der Waals surface area (Å²) in [6, 6.07) is 0.829. The first kappa shape index (κ1) is 11.8. The average Bonchev–Trinajstić information content (AvgIpc) is 2.85. The molecule has 0 spiro atoms. The number of hydrogen-bond acceptors (Lipinski definition) is 2. The summed E-state index contributed by atoms with van der Waals surface area (Å²) >= 11 is 2.17. The highest BCUT2D eigenvalue weighted by Crippen LogP contribution is 2.31. The van der Waals surface area contributed by atoms with Crippen LogP contribution in [-0.4, -0.2) is 23.6 Å². The van der Waals surface area contributed by atoms with Crippen molar-refractivity contribution in [1.82, 2.24) is 5.32 Å². The van der Waals surface area contributed by atoms with Crippen LogP contribution in [-0.2, 0) is 0 Å². The fourth-order valence-corrected chi connectivity index (χ4v) is 4.33. The van der Waals surface area contributed by atoms with Gasteiger partial charge in [-0.05, 0) is 43.9 Å². The van der Waals surface area contributed by atoms with E-state index in [-0.39, 0.29) is 0 Å². The fourth-order valence-electron chi connectivity index (χ4n) is 3.11. The van der Waals surface area contributed by atoms with Gasteiger partial charge in [0, 0.05) is 11.3 Å². The molecule has 88 valence electrons. The van der Waals surface area contributed by atoms with Crippen LogP contribution in [0.2, 0.25) is 0 Å². The second-order valence-electron chi connectivity index (χ2n) is 5.09. The molecule has 2 fully saturated rings. The number of hydrogen-bond donors (Lipinski definition) is 1. The molecular weight excluding hydrogens is 202 g/mol. The van der Waals surface area contributed by atoms with Crippen molar-refractivity contribution in [2.75, 3.05) is 12.3 Å². The second-order valence-corrected chi connectivity index (χ2v) is 6.61. The SMILES string of the molecule is CCSC1CCCC1NCC1CCCC1. The standard InChI is InChI=1S/C13H25NS/c1-2-15-13-9-5-8-12(13)14-10-11-6-3-4-7-11/h11-14H,2-10H2,1H3. The first-order valence-corrected chi connectivity index (χ1v) is 7.80. The Bertz CT molecular complexity index is 177. The maximum absolute atomic E-state index is 3.84. The minimum Gasteiger partial charge on any atom is -0.313 e. The van der Waals surface area contributed by atoms with E-state index in [1.165, 1.54) is 57.2 Å². The van der Waals surface area contributed by atoms with Gasteiger partial charge in [-0.25, -0.2) is 0 Å². The van der Waals surface area contributed by atoms with Crippen molar-refractivity contribution in [3.8, 4) is 0 Å². The third-order valence-electron chi connectivity index (χ3n) is 3.98. The van der Waals surface area contributed by atoms with Gasteiger partial charge in [-0.1, -0.05) is 26.2 Å². The molecule has 2 aliphatic carbocycles. The Hall–Kier alpha value is 0.310. The van der Waals surface area contributed by atoms with Gasteiger partial charge in [0.25, 0.3) is 0 Å². The Kier molecular flexibility index (Phi) is 4.83. The summed E-state index contributed by atoms with van der Waals surface area (Å²) in [5.41, 5.74) is 0. The van der Waals surface area contributed by atoms with Crippen molar-refractivity contribution in [1.29, 1.82) is 0 Å². The van der Waals surface area contributed by atoms with E-state index in [1.807, 2.05) is 0 Å². The van der Waals surface area contributed by atoms with Gasteiger partial charge in [0.2, 0.25) is 0 Å². The molecule has 2 unspecified atom stereocenters. The summed E-state index contributed by atoms with van der Waals surface area (Å²) in [5, 5.41) is 4.75. The van der Waals surface area contributed by atoms with Crippen LogP contribution in [0.4, 0.5) is 0 Å². The molecule has 2 rings (SSSR count). The lowest BCUT2D eigenvalue weighted by molar-refractivity contribution is 0.438. The predicted molar refractivity (Wildman–Crippen MR) is 69.5 cm³/mol. The van der Waals surface area contributed by atoms with Crippen molar-refractivity contribution < 1.29 is 0 Å². The summed E-state index contributed by atoms with van der Waals surface area (Å²) in [4.78, 5) is 0. The Balaban J connectivity index is 1.68. The monoisotopic (exact) mass is 227 g/mol. The van der Waals surface area contributed by atoms with Gasteiger partial charge in [0.15, 0.2) is 0 Å². The van der Waals surface area contributed by atoms with Crippen molar-refractivity contribution >= 4 is 11.8 Å². The molecule has 1 N–H and O–H groups in total. The summed E-state index contributed by atoms with van der Waals surface area (Å²) < 4.78 is 0. The molecule has 0 aromatic heterocycles. The van der Waals surface area contributed by atoms with Crippen LogP contribution in [0.5, 0.6) is 0 Å². The molecule has 2 atom stereocenters. The molecule has 0 aromatic rings. The summed E-state index contributed by atoms with van der Waals surface area (Å²) in [5.74, 6) is 2.28. The number of thioether (sulfide) groups is 1. The van der Waals surface area contributed by atoms with Crippen LogP contribution in [0.25, 0.3) is 0 Å². The second kappa shape index (κ2) is 6.15. The fraction of sp³-hybridized carbons (Fsp3) is 1.00. The van der Waals surface area contributed by atoms with Crippen LogP contribution < -0.4 is 5.32 Å². The summed E-state index contributed by atoms with van der Waals surface area (Å²) in [6.45, 7) is 3.59. The number of rotatable bonds is 5. The molecule has 0 amide bonds. The molecular formula is C13H25NS. The maximum atomic E-state index is 3.84. The Labute approximate surface area is 98.8 Å². The molecule has 15 heavy (non-hydrogen) atoms. The van der Waals surface area contributed by atoms with E-state index in [9.17, 15) is 0 Å². The Morgan fingerprint density at radius 2 is 1.87 bits per heavy atom. The quantitative estimate of drug-likeness (QED) is 0.772. The summed E-state index contributed by atoms with van der Waals surface area (Å²) in [7, 11) is 0. The zero-order valence-electron chi connectivity index (χ0n) is 10.0. The molecule has 0 bridgehead atoms. The first-order valence-electron chi connectivity index (χ1n) is 6.75. The van der Waals surface area contributed by atoms with Crippen molar-refractivity contribution in [2.24, 2.45) is 5.92 Å². The van der Waals surface area contributed by atoms with Gasteiger partial charge in [-0.3, -0.25) is 0 Å². The average molecular weight is 227 g/mol. The minimum atomic E-state index is 0.829. The van der Waals surface area contributed by atoms with Gasteiger partial charge in [-0.2, -0.15) is 11.8 Å². The van der Waals surface area contributed by atoms with Crippen molar-refractivity contribution in [2.45, 2.75) is 63.2 Å². The molecule has 0 heterocycles. The molecule has 1 nitrogen and oxygen atoms in total. The minimum absolute atomic E-state index is 0.829. The number of nitrogens with one attached hydrogen (secondary N) is 1.